The maximum atomic E-state index is 12.4. The fraction of sp³-hybridized carbons (Fsp3) is 0.300. The van der Waals surface area contributed by atoms with Crippen molar-refractivity contribution in [3.05, 3.63) is 58.6 Å². The third-order valence-electron chi connectivity index (χ3n) is 4.41. The molecule has 142 valence electrons. The Kier molecular flexibility index (Phi) is 6.66. The van der Waals surface area contributed by atoms with E-state index in [2.05, 4.69) is 22.5 Å². The normalized spacial score (nSPS) is 13.9. The van der Waals surface area contributed by atoms with Gasteiger partial charge in [-0.1, -0.05) is 36.7 Å². The Bertz CT molecular complexity index is 820. The van der Waals surface area contributed by atoms with Crippen LogP contribution >= 0.6 is 23.8 Å². The van der Waals surface area contributed by atoms with E-state index < -0.39 is 0 Å². The van der Waals surface area contributed by atoms with Crippen LogP contribution < -0.4 is 15.5 Å². The number of nitrogens with zero attached hydrogens (tertiary/aromatic N) is 1. The predicted octanol–water partition coefficient (Wildman–Crippen LogP) is 3.87. The molecule has 2 aromatic carbocycles. The summed E-state index contributed by atoms with van der Waals surface area (Å²) in [6.45, 7) is 4.88. The number of carbonyl (C=O) groups is 1. The summed E-state index contributed by atoms with van der Waals surface area (Å²) in [6, 6.07) is 13.1. The second kappa shape index (κ2) is 9.17. The summed E-state index contributed by atoms with van der Waals surface area (Å²) in [7, 11) is 0. The quantitative estimate of drug-likeness (QED) is 0.759. The molecule has 1 fully saturated rings. The number of ether oxygens (including phenoxy) is 1. The topological polar surface area (TPSA) is 53.6 Å². The van der Waals surface area contributed by atoms with Crippen molar-refractivity contribution in [2.75, 3.05) is 36.5 Å². The van der Waals surface area contributed by atoms with Gasteiger partial charge in [-0.3, -0.25) is 10.1 Å². The zero-order valence-corrected chi connectivity index (χ0v) is 16.7. The van der Waals surface area contributed by atoms with Gasteiger partial charge in [0, 0.05) is 18.7 Å². The molecule has 0 saturated carbocycles. The number of hydrogen-bond acceptors (Lipinski definition) is 4. The summed E-state index contributed by atoms with van der Waals surface area (Å²) < 4.78 is 5.41. The van der Waals surface area contributed by atoms with Crippen molar-refractivity contribution in [3.63, 3.8) is 0 Å². The Morgan fingerprint density at radius 1 is 1.19 bits per heavy atom. The zero-order valence-electron chi connectivity index (χ0n) is 15.1. The van der Waals surface area contributed by atoms with Gasteiger partial charge in [0.25, 0.3) is 5.91 Å². The first-order valence-corrected chi connectivity index (χ1v) is 9.69. The average molecular weight is 404 g/mol. The summed E-state index contributed by atoms with van der Waals surface area (Å²) >= 11 is 11.8. The van der Waals surface area contributed by atoms with Crippen molar-refractivity contribution < 1.29 is 9.53 Å². The predicted molar refractivity (Wildman–Crippen MR) is 114 cm³/mol. The van der Waals surface area contributed by atoms with Crippen LogP contribution in [-0.4, -0.2) is 37.3 Å². The third-order valence-corrected chi connectivity index (χ3v) is 4.92. The van der Waals surface area contributed by atoms with E-state index in [-0.39, 0.29) is 11.0 Å². The van der Waals surface area contributed by atoms with Crippen LogP contribution in [0.4, 0.5) is 11.4 Å². The Labute approximate surface area is 169 Å². The largest absolute Gasteiger partial charge is 0.378 e. The fourth-order valence-electron chi connectivity index (χ4n) is 2.95. The summed E-state index contributed by atoms with van der Waals surface area (Å²) in [5.41, 5.74) is 3.37. The number of morpholine rings is 1. The Morgan fingerprint density at radius 3 is 2.56 bits per heavy atom. The molecule has 2 N–H and O–H groups in total. The number of halogens is 1. The van der Waals surface area contributed by atoms with E-state index in [4.69, 9.17) is 28.6 Å². The monoisotopic (exact) mass is 403 g/mol. The summed E-state index contributed by atoms with van der Waals surface area (Å²) in [6.07, 6.45) is 0.931. The maximum Gasteiger partial charge on any atom is 0.257 e. The van der Waals surface area contributed by atoms with E-state index >= 15 is 0 Å². The number of aryl methyl sites for hydroxylation is 1. The minimum absolute atomic E-state index is 0.233. The van der Waals surface area contributed by atoms with E-state index in [9.17, 15) is 4.79 Å². The summed E-state index contributed by atoms with van der Waals surface area (Å²) in [5, 5.41) is 6.69. The van der Waals surface area contributed by atoms with Gasteiger partial charge in [0.2, 0.25) is 0 Å². The van der Waals surface area contributed by atoms with Crippen molar-refractivity contribution in [1.29, 1.82) is 0 Å². The molecule has 1 aliphatic rings. The van der Waals surface area contributed by atoms with Gasteiger partial charge in [0.05, 0.1) is 29.6 Å². The molecule has 2 aromatic rings. The van der Waals surface area contributed by atoms with Crippen LogP contribution in [0, 0.1) is 0 Å². The molecular formula is C20H22ClN3O2S. The van der Waals surface area contributed by atoms with Crippen molar-refractivity contribution in [2.45, 2.75) is 13.3 Å². The number of para-hydroxylation sites is 1. The highest BCUT2D eigenvalue weighted by molar-refractivity contribution is 7.80. The molecule has 7 heteroatoms. The number of amides is 1. The summed E-state index contributed by atoms with van der Waals surface area (Å²) in [5.74, 6) is -0.245. The van der Waals surface area contributed by atoms with Crippen LogP contribution in [0.15, 0.2) is 42.5 Å². The second-order valence-corrected chi connectivity index (χ2v) is 7.01. The smallest absolute Gasteiger partial charge is 0.257 e. The Balaban J connectivity index is 1.70. The number of rotatable bonds is 4. The fourth-order valence-corrected chi connectivity index (χ4v) is 3.44. The standard InChI is InChI=1S/C20H22ClN3O2S/c1-2-14-6-8-15(9-7-14)19(25)23-20(27)22-17-5-3-4-16(21)18(17)24-10-12-26-13-11-24/h3-9H,2,10-13H2,1H3,(H2,22,23,25,27). The minimum atomic E-state index is -0.245. The molecule has 0 spiro atoms. The second-order valence-electron chi connectivity index (χ2n) is 6.19. The molecule has 1 aliphatic heterocycles. The third kappa shape index (κ3) is 4.97. The first-order chi connectivity index (χ1) is 13.1. The lowest BCUT2D eigenvalue weighted by Gasteiger charge is -2.31. The van der Waals surface area contributed by atoms with Gasteiger partial charge in [0.15, 0.2) is 5.11 Å². The highest BCUT2D eigenvalue weighted by Crippen LogP contribution is 2.34. The first-order valence-electron chi connectivity index (χ1n) is 8.91. The van der Waals surface area contributed by atoms with Crippen molar-refractivity contribution in [3.8, 4) is 0 Å². The van der Waals surface area contributed by atoms with Gasteiger partial charge < -0.3 is 15.0 Å². The molecule has 5 nitrogen and oxygen atoms in total. The average Bonchev–Trinajstić information content (AvgIpc) is 2.68. The molecule has 3 rings (SSSR count). The van der Waals surface area contributed by atoms with Crippen LogP contribution in [0.2, 0.25) is 5.02 Å². The number of thiocarbonyl (C=S) groups is 1. The number of nitrogens with one attached hydrogen (secondary N) is 2. The van der Waals surface area contributed by atoms with E-state index in [1.165, 1.54) is 5.56 Å². The van der Waals surface area contributed by atoms with Crippen LogP contribution in [0.25, 0.3) is 0 Å². The van der Waals surface area contributed by atoms with Crippen molar-refractivity contribution in [2.24, 2.45) is 0 Å². The number of benzene rings is 2. The number of anilines is 2. The van der Waals surface area contributed by atoms with Gasteiger partial charge in [-0.15, -0.1) is 0 Å². The molecule has 0 bridgehead atoms. The SMILES string of the molecule is CCc1ccc(C(=O)NC(=S)Nc2cccc(Cl)c2N2CCOCC2)cc1. The molecule has 0 atom stereocenters. The molecule has 0 unspecified atom stereocenters. The lowest BCUT2D eigenvalue weighted by molar-refractivity contribution is 0.0977. The summed E-state index contributed by atoms with van der Waals surface area (Å²) in [4.78, 5) is 14.6. The Hall–Kier alpha value is -2.15. The Morgan fingerprint density at radius 2 is 1.89 bits per heavy atom. The molecule has 0 aliphatic carbocycles. The van der Waals surface area contributed by atoms with Crippen molar-refractivity contribution >= 4 is 46.2 Å². The van der Waals surface area contributed by atoms with Gasteiger partial charge in [-0.05, 0) is 48.5 Å². The molecule has 1 heterocycles. The molecule has 1 amide bonds. The van der Waals surface area contributed by atoms with Crippen LogP contribution in [0.5, 0.6) is 0 Å². The van der Waals surface area contributed by atoms with Gasteiger partial charge >= 0.3 is 0 Å². The van der Waals surface area contributed by atoms with Crippen LogP contribution in [0.1, 0.15) is 22.8 Å². The molecule has 1 saturated heterocycles. The van der Waals surface area contributed by atoms with Gasteiger partial charge in [-0.2, -0.15) is 0 Å². The highest BCUT2D eigenvalue weighted by Gasteiger charge is 2.19. The van der Waals surface area contributed by atoms with Gasteiger partial charge in [-0.25, -0.2) is 0 Å². The van der Waals surface area contributed by atoms with E-state index in [1.807, 2.05) is 30.3 Å². The van der Waals surface area contributed by atoms with Crippen molar-refractivity contribution in [1.82, 2.24) is 5.32 Å². The maximum absolute atomic E-state index is 12.4. The highest BCUT2D eigenvalue weighted by atomic mass is 35.5. The molecular weight excluding hydrogens is 382 g/mol. The minimum Gasteiger partial charge on any atom is -0.378 e. The lowest BCUT2D eigenvalue weighted by Crippen LogP contribution is -2.38. The molecule has 0 radical (unpaired) electrons. The van der Waals surface area contributed by atoms with Gasteiger partial charge in [0.1, 0.15) is 0 Å². The number of carbonyl (C=O) groups excluding carboxylic acids is 1. The zero-order chi connectivity index (χ0) is 19.2. The van der Waals surface area contributed by atoms with Crippen LogP contribution in [-0.2, 0) is 11.2 Å². The molecule has 27 heavy (non-hydrogen) atoms. The lowest BCUT2D eigenvalue weighted by atomic mass is 10.1. The first kappa shape index (κ1) is 19.6. The van der Waals surface area contributed by atoms with E-state index in [1.54, 1.807) is 12.1 Å². The van der Waals surface area contributed by atoms with Crippen LogP contribution in [0.3, 0.4) is 0 Å². The number of hydrogen-bond donors (Lipinski definition) is 2. The van der Waals surface area contributed by atoms with E-state index in [0.717, 1.165) is 30.9 Å². The van der Waals surface area contributed by atoms with E-state index in [0.29, 0.717) is 23.8 Å². The molecule has 0 aromatic heterocycles.